The molecule has 1 amide bonds. The Morgan fingerprint density at radius 2 is 1.86 bits per heavy atom. The van der Waals surface area contributed by atoms with Gasteiger partial charge in [0.1, 0.15) is 11.1 Å². The van der Waals surface area contributed by atoms with Crippen LogP contribution in [0.2, 0.25) is 10.0 Å². The summed E-state index contributed by atoms with van der Waals surface area (Å²) in [5, 5.41) is 7.30. The van der Waals surface area contributed by atoms with Gasteiger partial charge in [0.25, 0.3) is 0 Å². The van der Waals surface area contributed by atoms with Crippen LogP contribution in [-0.2, 0) is 11.3 Å². The molecule has 0 aliphatic heterocycles. The maximum Gasteiger partial charge on any atom is 0.407 e. The monoisotopic (exact) mass is 534 g/mol. The zero-order chi connectivity index (χ0) is 25.9. The summed E-state index contributed by atoms with van der Waals surface area (Å²) in [6, 6.07) is 5.17. The number of nitrogens with zero attached hydrogens (tertiary/aromatic N) is 3. The van der Waals surface area contributed by atoms with E-state index in [9.17, 15) is 9.59 Å². The van der Waals surface area contributed by atoms with Crippen molar-refractivity contribution in [2.24, 2.45) is 11.8 Å². The summed E-state index contributed by atoms with van der Waals surface area (Å²) in [7, 11) is 0. The molecular weight excluding hydrogens is 503 g/mol. The number of aromatic amines is 1. The Kier molecular flexibility index (Phi) is 8.10. The second-order valence-electron chi connectivity index (χ2n) is 10.3. The van der Waals surface area contributed by atoms with Crippen LogP contribution in [0, 0.1) is 11.8 Å². The lowest BCUT2D eigenvalue weighted by Crippen LogP contribution is -2.36. The highest BCUT2D eigenvalue weighted by molar-refractivity contribution is 6.33. The number of nitrogens with one attached hydrogen (secondary N) is 3. The molecule has 1 aliphatic carbocycles. The molecule has 2 aromatic heterocycles. The van der Waals surface area contributed by atoms with Crippen molar-refractivity contribution in [2.75, 3.05) is 18.4 Å². The molecule has 3 aromatic rings. The summed E-state index contributed by atoms with van der Waals surface area (Å²) < 4.78 is 6.84. The maximum atomic E-state index is 12.6. The fraction of sp³-hybridized carbons (Fsp3) is 0.520. The van der Waals surface area contributed by atoms with E-state index in [4.69, 9.17) is 27.9 Å². The van der Waals surface area contributed by atoms with Crippen molar-refractivity contribution in [1.29, 1.82) is 0 Å². The normalized spacial score (nSPS) is 18.2. The van der Waals surface area contributed by atoms with Crippen LogP contribution in [0.3, 0.4) is 0 Å². The van der Waals surface area contributed by atoms with Gasteiger partial charge in [0.2, 0.25) is 5.95 Å². The van der Waals surface area contributed by atoms with Gasteiger partial charge in [0.05, 0.1) is 12.7 Å². The number of rotatable bonds is 7. The SMILES string of the molecule is CC(C)(C)OC(=O)NCC1CCC(CNc2ncc3[nH]c(=O)n(Cc4cc(Cl)ccc4Cl)c3n2)CC1. The Hall–Kier alpha value is -2.78. The molecule has 194 valence electrons. The molecule has 2 heterocycles. The van der Waals surface area contributed by atoms with Crippen LogP contribution in [0.1, 0.15) is 52.0 Å². The summed E-state index contributed by atoms with van der Waals surface area (Å²) in [6.07, 6.45) is 5.44. The van der Waals surface area contributed by atoms with Gasteiger partial charge >= 0.3 is 11.8 Å². The Bertz CT molecular complexity index is 1280. The number of alkyl carbamates (subject to hydrolysis) is 1. The highest BCUT2D eigenvalue weighted by Crippen LogP contribution is 2.29. The smallest absolute Gasteiger partial charge is 0.407 e. The van der Waals surface area contributed by atoms with Gasteiger partial charge in [-0.25, -0.2) is 14.6 Å². The minimum Gasteiger partial charge on any atom is -0.444 e. The molecule has 1 fully saturated rings. The molecule has 11 heteroatoms. The number of fused-ring (bicyclic) bond motifs is 1. The number of carbonyl (C=O) groups excluding carboxylic acids is 1. The molecule has 0 unspecified atom stereocenters. The second kappa shape index (κ2) is 11.1. The molecule has 0 bridgehead atoms. The third-order valence-electron chi connectivity index (χ3n) is 6.30. The van der Waals surface area contributed by atoms with Crippen molar-refractivity contribution in [3.05, 3.63) is 50.5 Å². The van der Waals surface area contributed by atoms with Gasteiger partial charge in [-0.1, -0.05) is 23.2 Å². The van der Waals surface area contributed by atoms with Crippen LogP contribution in [0.4, 0.5) is 10.7 Å². The van der Waals surface area contributed by atoms with Gasteiger partial charge in [0.15, 0.2) is 5.65 Å². The number of H-pyrrole nitrogens is 1. The topological polar surface area (TPSA) is 114 Å². The lowest BCUT2D eigenvalue weighted by atomic mass is 9.82. The fourth-order valence-electron chi connectivity index (χ4n) is 4.43. The molecule has 36 heavy (non-hydrogen) atoms. The molecule has 1 aliphatic rings. The van der Waals surface area contributed by atoms with E-state index in [1.807, 2.05) is 20.8 Å². The van der Waals surface area contributed by atoms with E-state index < -0.39 is 5.60 Å². The van der Waals surface area contributed by atoms with E-state index in [-0.39, 0.29) is 18.3 Å². The first-order valence-electron chi connectivity index (χ1n) is 12.2. The second-order valence-corrected chi connectivity index (χ2v) is 11.2. The van der Waals surface area contributed by atoms with Crippen LogP contribution in [0.15, 0.2) is 29.2 Å². The van der Waals surface area contributed by atoms with Crippen molar-refractivity contribution >= 4 is 46.4 Å². The average Bonchev–Trinajstić information content (AvgIpc) is 3.12. The molecule has 0 atom stereocenters. The van der Waals surface area contributed by atoms with E-state index in [1.165, 1.54) is 4.57 Å². The summed E-state index contributed by atoms with van der Waals surface area (Å²) >= 11 is 12.4. The average molecular weight is 535 g/mol. The summed E-state index contributed by atoms with van der Waals surface area (Å²) in [5.41, 5.74) is 1.02. The Morgan fingerprint density at radius 3 is 2.56 bits per heavy atom. The Labute approximate surface area is 219 Å². The Balaban J connectivity index is 1.32. The molecule has 4 rings (SSSR count). The molecule has 0 spiro atoms. The number of ether oxygens (including phenoxy) is 1. The maximum absolute atomic E-state index is 12.6. The van der Waals surface area contributed by atoms with Crippen LogP contribution in [0.5, 0.6) is 0 Å². The van der Waals surface area contributed by atoms with Crippen LogP contribution >= 0.6 is 23.2 Å². The van der Waals surface area contributed by atoms with E-state index in [2.05, 4.69) is 25.6 Å². The third-order valence-corrected chi connectivity index (χ3v) is 6.90. The van der Waals surface area contributed by atoms with E-state index in [0.717, 1.165) is 37.8 Å². The standard InChI is InChI=1S/C25H32Cl2N6O3/c1-25(2,3)36-24(35)30-12-16-6-4-15(5-7-16)11-28-22-29-13-20-21(32-22)33(23(34)31-20)14-17-10-18(26)8-9-19(17)27/h8-10,13,15-16H,4-7,11-12,14H2,1-3H3,(H,30,35)(H,31,34)(H,28,29,32). The summed E-state index contributed by atoms with van der Waals surface area (Å²) in [5.74, 6) is 1.41. The number of hydrogen-bond acceptors (Lipinski definition) is 6. The van der Waals surface area contributed by atoms with Gasteiger partial charge in [-0.15, -0.1) is 0 Å². The molecule has 9 nitrogen and oxygen atoms in total. The van der Waals surface area contributed by atoms with E-state index in [1.54, 1.807) is 24.4 Å². The highest BCUT2D eigenvalue weighted by atomic mass is 35.5. The first kappa shape index (κ1) is 26.3. The molecule has 0 radical (unpaired) electrons. The summed E-state index contributed by atoms with van der Waals surface area (Å²) in [4.78, 5) is 36.2. The number of benzene rings is 1. The number of halogens is 2. The first-order valence-corrected chi connectivity index (χ1v) is 12.9. The lowest BCUT2D eigenvalue weighted by Gasteiger charge is -2.29. The van der Waals surface area contributed by atoms with Gasteiger partial charge in [-0.2, -0.15) is 4.98 Å². The number of imidazole rings is 1. The highest BCUT2D eigenvalue weighted by Gasteiger charge is 2.23. The van der Waals surface area contributed by atoms with Gasteiger partial charge < -0.3 is 20.4 Å². The third kappa shape index (κ3) is 6.91. The van der Waals surface area contributed by atoms with Gasteiger partial charge in [-0.05, 0) is 82.1 Å². The molecular formula is C25H32Cl2N6O3. The van der Waals surface area contributed by atoms with E-state index in [0.29, 0.717) is 45.5 Å². The van der Waals surface area contributed by atoms with Crippen molar-refractivity contribution in [2.45, 2.75) is 58.6 Å². The zero-order valence-electron chi connectivity index (χ0n) is 20.7. The molecule has 0 saturated heterocycles. The van der Waals surface area contributed by atoms with Crippen molar-refractivity contribution in [3.8, 4) is 0 Å². The summed E-state index contributed by atoms with van der Waals surface area (Å²) in [6.45, 7) is 7.20. The van der Waals surface area contributed by atoms with Gasteiger partial charge in [0, 0.05) is 23.1 Å². The zero-order valence-corrected chi connectivity index (χ0v) is 22.2. The van der Waals surface area contributed by atoms with Crippen LogP contribution < -0.4 is 16.3 Å². The number of hydrogen-bond donors (Lipinski definition) is 3. The fourth-order valence-corrected chi connectivity index (χ4v) is 4.80. The number of carbonyl (C=O) groups is 1. The number of aromatic nitrogens is 4. The van der Waals surface area contributed by atoms with Gasteiger partial charge in [-0.3, -0.25) is 4.57 Å². The first-order chi connectivity index (χ1) is 17.1. The van der Waals surface area contributed by atoms with E-state index >= 15 is 0 Å². The number of anilines is 1. The predicted octanol–water partition coefficient (Wildman–Crippen LogP) is 5.22. The molecule has 1 aromatic carbocycles. The largest absolute Gasteiger partial charge is 0.444 e. The minimum atomic E-state index is -0.490. The number of amides is 1. The molecule has 1 saturated carbocycles. The lowest BCUT2D eigenvalue weighted by molar-refractivity contribution is 0.0513. The van der Waals surface area contributed by atoms with Crippen LogP contribution in [0.25, 0.3) is 11.2 Å². The quantitative estimate of drug-likeness (QED) is 0.383. The van der Waals surface area contributed by atoms with Crippen molar-refractivity contribution in [1.82, 2.24) is 24.8 Å². The van der Waals surface area contributed by atoms with Crippen molar-refractivity contribution < 1.29 is 9.53 Å². The van der Waals surface area contributed by atoms with Crippen LogP contribution in [-0.4, -0.2) is 44.3 Å². The predicted molar refractivity (Wildman–Crippen MR) is 142 cm³/mol. The molecule has 3 N–H and O–H groups in total. The minimum absolute atomic E-state index is 0.246. The van der Waals surface area contributed by atoms with Crippen molar-refractivity contribution in [3.63, 3.8) is 0 Å². The Morgan fingerprint density at radius 1 is 1.17 bits per heavy atom.